The van der Waals surface area contributed by atoms with Gasteiger partial charge in [0, 0.05) is 24.3 Å². The van der Waals surface area contributed by atoms with E-state index in [0.717, 1.165) is 9.99 Å². The normalized spacial score (nSPS) is 31.9. The van der Waals surface area contributed by atoms with Crippen molar-refractivity contribution in [2.24, 2.45) is 0 Å². The minimum absolute atomic E-state index is 0.123. The van der Waals surface area contributed by atoms with Crippen LogP contribution in [0, 0.1) is 3.57 Å². The van der Waals surface area contributed by atoms with E-state index in [9.17, 15) is 4.79 Å². The average molecular weight is 332 g/mol. The lowest BCUT2D eigenvalue weighted by Crippen LogP contribution is -2.44. The maximum Gasteiger partial charge on any atom is 0.342 e. The lowest BCUT2D eigenvalue weighted by Gasteiger charge is -2.20. The summed E-state index contributed by atoms with van der Waals surface area (Å²) in [4.78, 5) is 11.8. The van der Waals surface area contributed by atoms with Crippen LogP contribution >= 0.6 is 22.6 Å². The van der Waals surface area contributed by atoms with Gasteiger partial charge < -0.3 is 10.6 Å². The summed E-state index contributed by atoms with van der Waals surface area (Å²) in [5, 5.41) is 10.5. The van der Waals surface area contributed by atoms with Crippen molar-refractivity contribution in [3.8, 4) is 0 Å². The van der Waals surface area contributed by atoms with Gasteiger partial charge in [0.1, 0.15) is 0 Å². The number of carbonyl (C=O) groups is 1. The zero-order valence-electron chi connectivity index (χ0n) is 8.69. The van der Waals surface area contributed by atoms with Crippen molar-refractivity contribution in [3.05, 3.63) is 16.0 Å². The molecule has 2 aliphatic heterocycles. The number of fused-ring (bicyclic) bond motifs is 2. The van der Waals surface area contributed by atoms with E-state index in [2.05, 4.69) is 38.3 Å². The van der Waals surface area contributed by atoms with Crippen LogP contribution in [0.1, 0.15) is 19.3 Å². The number of amides is 1. The van der Waals surface area contributed by atoms with Gasteiger partial charge in [-0.25, -0.2) is 4.79 Å². The van der Waals surface area contributed by atoms with Gasteiger partial charge in [-0.05, 0) is 41.9 Å². The van der Waals surface area contributed by atoms with Crippen molar-refractivity contribution in [1.29, 1.82) is 0 Å². The molecule has 0 aliphatic carbocycles. The second-order valence-electron chi connectivity index (χ2n) is 4.44. The summed E-state index contributed by atoms with van der Waals surface area (Å²) in [5.74, 6) is 0. The van der Waals surface area contributed by atoms with Gasteiger partial charge in [0.15, 0.2) is 0 Å². The van der Waals surface area contributed by atoms with Crippen molar-refractivity contribution < 1.29 is 4.79 Å². The Kier molecular flexibility index (Phi) is 2.62. The molecule has 0 saturated carbocycles. The fourth-order valence-electron chi connectivity index (χ4n) is 2.62. The van der Waals surface area contributed by atoms with Crippen LogP contribution in [0.4, 0.5) is 4.79 Å². The predicted octanol–water partition coefficient (Wildman–Crippen LogP) is 0.938. The summed E-state index contributed by atoms with van der Waals surface area (Å²) in [6, 6.07) is 1.21. The summed E-state index contributed by atoms with van der Waals surface area (Å²) in [7, 11) is 0. The number of halogens is 1. The van der Waals surface area contributed by atoms with E-state index in [1.54, 1.807) is 12.4 Å². The number of rotatable bonds is 1. The minimum Gasteiger partial charge on any atom is -0.332 e. The molecule has 2 bridgehead atoms. The van der Waals surface area contributed by atoms with Crippen molar-refractivity contribution in [2.75, 3.05) is 0 Å². The number of carbonyl (C=O) groups excluding carboxylic acids is 1. The first kappa shape index (κ1) is 10.5. The van der Waals surface area contributed by atoms with Gasteiger partial charge in [-0.2, -0.15) is 9.78 Å². The van der Waals surface area contributed by atoms with Gasteiger partial charge in [0.2, 0.25) is 0 Å². The van der Waals surface area contributed by atoms with E-state index in [1.165, 1.54) is 17.5 Å². The van der Waals surface area contributed by atoms with Crippen LogP contribution in [-0.2, 0) is 0 Å². The van der Waals surface area contributed by atoms with E-state index in [4.69, 9.17) is 0 Å². The first-order valence-corrected chi connectivity index (χ1v) is 6.57. The molecule has 0 spiro atoms. The monoisotopic (exact) mass is 332 g/mol. The van der Waals surface area contributed by atoms with E-state index < -0.39 is 0 Å². The fourth-order valence-corrected chi connectivity index (χ4v) is 3.01. The molecule has 0 aromatic carbocycles. The largest absolute Gasteiger partial charge is 0.342 e. The van der Waals surface area contributed by atoms with Crippen molar-refractivity contribution in [2.45, 2.75) is 37.4 Å². The van der Waals surface area contributed by atoms with Crippen LogP contribution in [0.15, 0.2) is 12.4 Å². The molecule has 2 fully saturated rings. The number of aromatic nitrogens is 2. The molecule has 1 aromatic rings. The van der Waals surface area contributed by atoms with Gasteiger partial charge in [0.05, 0.1) is 9.77 Å². The summed E-state index contributed by atoms with van der Waals surface area (Å²) < 4.78 is 2.34. The second kappa shape index (κ2) is 3.99. The molecule has 1 amide bonds. The Morgan fingerprint density at radius 2 is 2.50 bits per heavy atom. The molecule has 86 valence electrons. The Labute approximate surface area is 107 Å². The van der Waals surface area contributed by atoms with Crippen LogP contribution in [0.3, 0.4) is 0 Å². The predicted molar refractivity (Wildman–Crippen MR) is 67.2 cm³/mol. The Bertz CT molecular complexity index is 419. The highest BCUT2D eigenvalue weighted by molar-refractivity contribution is 14.1. The van der Waals surface area contributed by atoms with Gasteiger partial charge >= 0.3 is 6.03 Å². The zero-order chi connectivity index (χ0) is 11.1. The Morgan fingerprint density at radius 3 is 3.06 bits per heavy atom. The quantitative estimate of drug-likeness (QED) is 0.753. The van der Waals surface area contributed by atoms with Crippen LogP contribution in [-0.4, -0.2) is 33.9 Å². The summed E-state index contributed by atoms with van der Waals surface area (Å²) in [5.41, 5.74) is 0. The lowest BCUT2D eigenvalue weighted by atomic mass is 9.96. The van der Waals surface area contributed by atoms with Crippen LogP contribution < -0.4 is 10.6 Å². The fraction of sp³-hybridized carbons (Fsp3) is 0.600. The lowest BCUT2D eigenvalue weighted by molar-refractivity contribution is 0.233. The van der Waals surface area contributed by atoms with Gasteiger partial charge in [-0.15, -0.1) is 0 Å². The maximum absolute atomic E-state index is 11.8. The highest BCUT2D eigenvalue weighted by Crippen LogP contribution is 2.28. The topological polar surface area (TPSA) is 59.0 Å². The number of hydrogen-bond donors (Lipinski definition) is 2. The molecule has 3 heterocycles. The number of nitrogens with zero attached hydrogens (tertiary/aromatic N) is 2. The van der Waals surface area contributed by atoms with E-state index >= 15 is 0 Å². The number of nitrogens with one attached hydrogen (secondary N) is 2. The van der Waals surface area contributed by atoms with E-state index in [0.29, 0.717) is 12.1 Å². The van der Waals surface area contributed by atoms with Gasteiger partial charge in [0.25, 0.3) is 0 Å². The molecule has 2 saturated heterocycles. The zero-order valence-corrected chi connectivity index (χ0v) is 10.8. The van der Waals surface area contributed by atoms with Crippen molar-refractivity contribution in [3.63, 3.8) is 0 Å². The smallest absolute Gasteiger partial charge is 0.332 e. The molecule has 2 aliphatic rings. The molecule has 3 rings (SSSR count). The van der Waals surface area contributed by atoms with Crippen LogP contribution in [0.2, 0.25) is 0 Å². The SMILES string of the molecule is O=C(N[C@@H]1C[C@H]2CC[C@@H]1N2)n1cc(I)cn1. The molecule has 16 heavy (non-hydrogen) atoms. The molecule has 2 N–H and O–H groups in total. The highest BCUT2D eigenvalue weighted by atomic mass is 127. The molecular weight excluding hydrogens is 319 g/mol. The van der Waals surface area contributed by atoms with E-state index in [-0.39, 0.29) is 12.1 Å². The van der Waals surface area contributed by atoms with Crippen LogP contribution in [0.25, 0.3) is 0 Å². The molecule has 5 nitrogen and oxygen atoms in total. The molecular formula is C10H13IN4O. The van der Waals surface area contributed by atoms with Crippen molar-refractivity contribution >= 4 is 28.6 Å². The summed E-state index contributed by atoms with van der Waals surface area (Å²) >= 11 is 2.14. The summed E-state index contributed by atoms with van der Waals surface area (Å²) in [6.45, 7) is 0. The van der Waals surface area contributed by atoms with Crippen LogP contribution in [0.5, 0.6) is 0 Å². The van der Waals surface area contributed by atoms with Gasteiger partial charge in [-0.3, -0.25) is 0 Å². The maximum atomic E-state index is 11.8. The molecule has 0 radical (unpaired) electrons. The molecule has 6 heteroatoms. The van der Waals surface area contributed by atoms with Gasteiger partial charge in [-0.1, -0.05) is 0 Å². The second-order valence-corrected chi connectivity index (χ2v) is 5.69. The third-order valence-electron chi connectivity index (χ3n) is 3.37. The Morgan fingerprint density at radius 1 is 1.62 bits per heavy atom. The molecule has 1 aromatic heterocycles. The third kappa shape index (κ3) is 1.84. The average Bonchev–Trinajstić information content (AvgIpc) is 2.92. The van der Waals surface area contributed by atoms with Crippen molar-refractivity contribution in [1.82, 2.24) is 20.4 Å². The highest BCUT2D eigenvalue weighted by Gasteiger charge is 2.39. The molecule has 3 atom stereocenters. The first-order valence-electron chi connectivity index (χ1n) is 5.49. The first-order chi connectivity index (χ1) is 7.72. The third-order valence-corrected chi connectivity index (χ3v) is 3.93. The summed E-state index contributed by atoms with van der Waals surface area (Å²) in [6.07, 6.45) is 6.88. The number of hydrogen-bond acceptors (Lipinski definition) is 3. The van der Waals surface area contributed by atoms with E-state index in [1.807, 2.05) is 0 Å². The minimum atomic E-state index is -0.123. The Hall–Kier alpha value is -0.630. The Balaban J connectivity index is 1.65. The standard InChI is InChI=1S/C10H13IN4O/c11-6-4-12-15(5-6)10(16)14-9-3-7-1-2-8(9)13-7/h4-5,7-9,13H,1-3H2,(H,14,16)/t7-,8+,9-/m1/s1. The molecule has 0 unspecified atom stereocenters.